The third kappa shape index (κ3) is 0.975. The molecule has 0 aromatic rings. The number of nitrogens with one attached hydrogen (secondary N) is 1. The van der Waals surface area contributed by atoms with Crippen molar-refractivity contribution in [2.45, 2.75) is 12.8 Å². The molecule has 3 heteroatoms. The molecule has 0 aliphatic carbocycles. The minimum absolute atomic E-state index is 0.562. The normalized spacial score (nSPS) is 32.0. The highest BCUT2D eigenvalue weighted by Gasteiger charge is 2.40. The molecule has 1 spiro atoms. The van der Waals surface area contributed by atoms with Crippen LogP contribution in [0.15, 0.2) is 0 Å². The van der Waals surface area contributed by atoms with Gasteiger partial charge in [-0.25, -0.2) is 0 Å². The monoisotopic (exact) mass is 136 g/mol. The minimum atomic E-state index is 0.562. The smallest absolute Gasteiger partial charge is 0.182 e. The average Bonchev–Trinajstić information content (AvgIpc) is 1.87. The average molecular weight is 136 g/mol. The van der Waals surface area contributed by atoms with E-state index in [1.165, 1.54) is 25.9 Å². The summed E-state index contributed by atoms with van der Waals surface area (Å²) in [5.41, 5.74) is 0.562. The van der Waals surface area contributed by atoms with Crippen molar-refractivity contribution < 1.29 is 0 Å². The molecule has 2 heterocycles. The van der Waals surface area contributed by atoms with E-state index in [0.29, 0.717) is 5.41 Å². The van der Waals surface area contributed by atoms with Gasteiger partial charge in [0, 0.05) is 12.0 Å². The lowest BCUT2D eigenvalue weighted by atomic mass is 9.72. The number of piperidine rings is 1. The van der Waals surface area contributed by atoms with Gasteiger partial charge in [-0.2, -0.15) is 0 Å². The molecule has 0 saturated carbocycles. The molecule has 2 aliphatic rings. The molecule has 2 fully saturated rings. The van der Waals surface area contributed by atoms with Gasteiger partial charge in [0.25, 0.3) is 0 Å². The minimum Gasteiger partial charge on any atom is -0.352 e. The van der Waals surface area contributed by atoms with Crippen LogP contribution in [0.3, 0.4) is 0 Å². The van der Waals surface area contributed by atoms with E-state index in [4.69, 9.17) is 7.98 Å². The number of nitrogens with zero attached hydrogens (tertiary/aromatic N) is 1. The Bertz CT molecular complexity index is 116. The quantitative estimate of drug-likeness (QED) is 0.462. The van der Waals surface area contributed by atoms with Crippen LogP contribution in [0.25, 0.3) is 0 Å². The molecule has 2 nitrogen and oxygen atoms in total. The van der Waals surface area contributed by atoms with E-state index in [1.807, 2.05) is 4.81 Å². The Balaban J connectivity index is 1.90. The van der Waals surface area contributed by atoms with Crippen LogP contribution in [-0.2, 0) is 0 Å². The lowest BCUT2D eigenvalue weighted by Crippen LogP contribution is -2.61. The van der Waals surface area contributed by atoms with Crippen molar-refractivity contribution in [1.82, 2.24) is 10.1 Å². The van der Waals surface area contributed by atoms with Crippen LogP contribution in [0.2, 0.25) is 0 Å². The largest absolute Gasteiger partial charge is 0.352 e. The Labute approximate surface area is 63.4 Å². The summed E-state index contributed by atoms with van der Waals surface area (Å²) in [6.07, 6.45) is 2.70. The molecule has 2 rings (SSSR count). The zero-order valence-corrected chi connectivity index (χ0v) is 6.27. The van der Waals surface area contributed by atoms with Gasteiger partial charge in [-0.3, -0.25) is 0 Å². The van der Waals surface area contributed by atoms with Crippen LogP contribution in [0, 0.1) is 5.41 Å². The number of hydrogen-bond acceptors (Lipinski definition) is 2. The second-order valence-electron chi connectivity index (χ2n) is 3.69. The fourth-order valence-corrected chi connectivity index (χ4v) is 2.12. The first-order chi connectivity index (χ1) is 4.81. The van der Waals surface area contributed by atoms with Crippen molar-refractivity contribution in [3.05, 3.63) is 0 Å². The van der Waals surface area contributed by atoms with Gasteiger partial charge in [0.2, 0.25) is 0 Å². The van der Waals surface area contributed by atoms with Crippen molar-refractivity contribution in [3.8, 4) is 0 Å². The molecule has 0 amide bonds. The van der Waals surface area contributed by atoms with E-state index in [1.54, 1.807) is 0 Å². The van der Waals surface area contributed by atoms with Crippen LogP contribution >= 0.6 is 0 Å². The van der Waals surface area contributed by atoms with Crippen molar-refractivity contribution in [3.63, 3.8) is 0 Å². The predicted octanol–water partition coefficient (Wildman–Crippen LogP) is -0.245. The molecule has 0 unspecified atom stereocenters. The molecule has 0 aromatic heterocycles. The third-order valence-corrected chi connectivity index (χ3v) is 2.64. The van der Waals surface area contributed by atoms with Gasteiger partial charge >= 0.3 is 0 Å². The van der Waals surface area contributed by atoms with Gasteiger partial charge in [-0.15, -0.1) is 0 Å². The summed E-state index contributed by atoms with van der Waals surface area (Å²) in [7, 11) is 5.59. The Kier molecular flexibility index (Phi) is 1.50. The molecule has 1 N–H and O–H groups in total. The van der Waals surface area contributed by atoms with Gasteiger partial charge in [0.1, 0.15) is 0 Å². The molecule has 0 aromatic carbocycles. The van der Waals surface area contributed by atoms with E-state index >= 15 is 0 Å². The first-order valence-corrected chi connectivity index (χ1v) is 4.01. The number of hydrogen-bond donors (Lipinski definition) is 1. The summed E-state index contributed by atoms with van der Waals surface area (Å²) in [6.45, 7) is 4.58. The van der Waals surface area contributed by atoms with Crippen LogP contribution in [0.1, 0.15) is 12.8 Å². The zero-order chi connectivity index (χ0) is 7.03. The topological polar surface area (TPSA) is 15.3 Å². The van der Waals surface area contributed by atoms with E-state index in [2.05, 4.69) is 5.32 Å². The van der Waals surface area contributed by atoms with Gasteiger partial charge in [0.05, 0.1) is 0 Å². The Hall–Kier alpha value is -0.0151. The summed E-state index contributed by atoms with van der Waals surface area (Å²) in [6, 6.07) is 0. The molecular formula is C7H13BN2. The van der Waals surface area contributed by atoms with Crippen LogP contribution in [0.4, 0.5) is 0 Å². The Morgan fingerprint density at radius 1 is 1.40 bits per heavy atom. The van der Waals surface area contributed by atoms with E-state index in [9.17, 15) is 0 Å². The van der Waals surface area contributed by atoms with Crippen molar-refractivity contribution in [2.24, 2.45) is 5.41 Å². The van der Waals surface area contributed by atoms with Gasteiger partial charge in [-0.1, -0.05) is 0 Å². The zero-order valence-electron chi connectivity index (χ0n) is 6.27. The summed E-state index contributed by atoms with van der Waals surface area (Å²) in [4.78, 5) is 1.91. The standard InChI is InChI=1S/C7H13BN2/c8-10-5-7(6-10)2-1-3-9-4-7/h9H,1-6H2. The lowest BCUT2D eigenvalue weighted by molar-refractivity contribution is 0.0448. The predicted molar refractivity (Wildman–Crippen MR) is 41.9 cm³/mol. The highest BCUT2D eigenvalue weighted by molar-refractivity contribution is 6.05. The van der Waals surface area contributed by atoms with E-state index < -0.39 is 0 Å². The maximum atomic E-state index is 5.59. The second-order valence-corrected chi connectivity index (χ2v) is 3.69. The molecule has 2 radical (unpaired) electrons. The Morgan fingerprint density at radius 2 is 2.20 bits per heavy atom. The van der Waals surface area contributed by atoms with Crippen molar-refractivity contribution in [1.29, 1.82) is 0 Å². The highest BCUT2D eigenvalue weighted by Crippen LogP contribution is 2.34. The van der Waals surface area contributed by atoms with Crippen molar-refractivity contribution in [2.75, 3.05) is 26.2 Å². The third-order valence-electron chi connectivity index (χ3n) is 2.64. The number of rotatable bonds is 0. The molecule has 54 valence electrons. The molecular weight excluding hydrogens is 123 g/mol. The summed E-state index contributed by atoms with van der Waals surface area (Å²) in [5.74, 6) is 0. The summed E-state index contributed by atoms with van der Waals surface area (Å²) in [5, 5.41) is 3.42. The first-order valence-electron chi connectivity index (χ1n) is 4.01. The van der Waals surface area contributed by atoms with Crippen LogP contribution in [0.5, 0.6) is 0 Å². The lowest BCUT2D eigenvalue weighted by Gasteiger charge is -2.51. The molecule has 10 heavy (non-hydrogen) atoms. The van der Waals surface area contributed by atoms with Gasteiger partial charge < -0.3 is 10.1 Å². The fourth-order valence-electron chi connectivity index (χ4n) is 2.12. The maximum absolute atomic E-state index is 5.59. The Morgan fingerprint density at radius 3 is 2.70 bits per heavy atom. The molecule has 0 bridgehead atoms. The van der Waals surface area contributed by atoms with Crippen LogP contribution in [-0.4, -0.2) is 39.0 Å². The van der Waals surface area contributed by atoms with Gasteiger partial charge in [-0.05, 0) is 32.5 Å². The molecule has 2 aliphatic heterocycles. The molecule has 2 saturated heterocycles. The summed E-state index contributed by atoms with van der Waals surface area (Å²) < 4.78 is 0. The van der Waals surface area contributed by atoms with Crippen molar-refractivity contribution >= 4 is 7.98 Å². The van der Waals surface area contributed by atoms with Gasteiger partial charge in [0.15, 0.2) is 7.98 Å². The van der Waals surface area contributed by atoms with E-state index in [0.717, 1.165) is 13.1 Å². The fraction of sp³-hybridized carbons (Fsp3) is 1.00. The van der Waals surface area contributed by atoms with E-state index in [-0.39, 0.29) is 0 Å². The highest BCUT2D eigenvalue weighted by atomic mass is 15.1. The maximum Gasteiger partial charge on any atom is 0.182 e. The molecule has 0 atom stereocenters. The summed E-state index contributed by atoms with van der Waals surface area (Å²) >= 11 is 0. The SMILES string of the molecule is [B]N1CC2(CCCNC2)C1. The second kappa shape index (κ2) is 2.24. The van der Waals surface area contributed by atoms with Crippen LogP contribution < -0.4 is 5.32 Å². The first kappa shape index (κ1) is 6.68.